The second kappa shape index (κ2) is 10.7. The molecular formula is C25H19F10NO2. The van der Waals surface area contributed by atoms with Crippen molar-refractivity contribution < 1.29 is 53.7 Å². The van der Waals surface area contributed by atoms with Crippen LogP contribution in [0.4, 0.5) is 49.6 Å². The van der Waals surface area contributed by atoms with Gasteiger partial charge in [0, 0.05) is 23.9 Å². The van der Waals surface area contributed by atoms with Crippen molar-refractivity contribution in [1.29, 1.82) is 0 Å². The first-order valence-electron chi connectivity index (χ1n) is 10.8. The maximum absolute atomic E-state index is 14.2. The lowest BCUT2D eigenvalue weighted by molar-refractivity contribution is -0.359. The van der Waals surface area contributed by atoms with Gasteiger partial charge in [0.15, 0.2) is 6.10 Å². The van der Waals surface area contributed by atoms with Crippen LogP contribution < -0.4 is 9.64 Å². The summed E-state index contributed by atoms with van der Waals surface area (Å²) in [5, 5.41) is 9.64. The van der Waals surface area contributed by atoms with Crippen LogP contribution in [0.5, 0.6) is 11.5 Å². The average Bonchev–Trinajstić information content (AvgIpc) is 2.83. The zero-order chi connectivity index (χ0) is 28.4. The summed E-state index contributed by atoms with van der Waals surface area (Å²) >= 11 is 0. The minimum atomic E-state index is -6.56. The van der Waals surface area contributed by atoms with Gasteiger partial charge in [-0.2, -0.15) is 43.9 Å². The molecule has 3 nitrogen and oxygen atoms in total. The molecule has 3 rings (SSSR count). The second-order valence-corrected chi connectivity index (χ2v) is 8.20. The molecule has 0 saturated carbocycles. The molecule has 1 atom stereocenters. The third kappa shape index (κ3) is 6.50. The van der Waals surface area contributed by atoms with Crippen LogP contribution in [0, 0.1) is 0 Å². The standard InChI is InChI=1S/C25H19F10NO2/c26-22(27,24(31,32)25(33,34)35)17-7-4-6-16(12-17)14-36(15-21(37)23(28,29)30)18-8-5-11-20(13-18)38-19-9-2-1-3-10-19/h1-13,21,37H,14-15H2/t21-/m1/s1. The Morgan fingerprint density at radius 1 is 0.711 bits per heavy atom. The van der Waals surface area contributed by atoms with Crippen molar-refractivity contribution >= 4 is 5.69 Å². The number of anilines is 1. The molecular weight excluding hydrogens is 536 g/mol. The molecule has 0 heterocycles. The summed E-state index contributed by atoms with van der Waals surface area (Å²) in [5.74, 6) is -11.5. The van der Waals surface area contributed by atoms with Crippen LogP contribution in [0.1, 0.15) is 11.1 Å². The van der Waals surface area contributed by atoms with E-state index in [1.54, 1.807) is 30.3 Å². The minimum Gasteiger partial charge on any atom is -0.457 e. The Balaban J connectivity index is 1.96. The van der Waals surface area contributed by atoms with Crippen molar-refractivity contribution in [2.45, 2.75) is 36.8 Å². The quantitative estimate of drug-likeness (QED) is 0.275. The molecule has 0 saturated heterocycles. The number of nitrogens with zero attached hydrogens (tertiary/aromatic N) is 1. The maximum Gasteiger partial charge on any atom is 0.460 e. The minimum absolute atomic E-state index is 0.0134. The van der Waals surface area contributed by atoms with Crippen LogP contribution in [0.15, 0.2) is 78.9 Å². The molecule has 0 aromatic heterocycles. The number of benzene rings is 3. The van der Waals surface area contributed by atoms with Gasteiger partial charge in [-0.05, 0) is 35.9 Å². The summed E-state index contributed by atoms with van der Waals surface area (Å²) in [6.07, 6.45) is -14.5. The highest BCUT2D eigenvalue weighted by Gasteiger charge is 2.73. The maximum atomic E-state index is 14.2. The number of aliphatic hydroxyl groups is 1. The van der Waals surface area contributed by atoms with E-state index in [-0.39, 0.29) is 17.0 Å². The highest BCUT2D eigenvalue weighted by Crippen LogP contribution is 2.51. The van der Waals surface area contributed by atoms with E-state index in [4.69, 9.17) is 4.74 Å². The largest absolute Gasteiger partial charge is 0.460 e. The van der Waals surface area contributed by atoms with Gasteiger partial charge in [0.1, 0.15) is 11.5 Å². The van der Waals surface area contributed by atoms with Gasteiger partial charge < -0.3 is 14.7 Å². The van der Waals surface area contributed by atoms with E-state index in [0.29, 0.717) is 17.9 Å². The first kappa shape index (κ1) is 29.1. The summed E-state index contributed by atoms with van der Waals surface area (Å²) in [6, 6.07) is 16.2. The Bertz CT molecular complexity index is 1210. The highest BCUT2D eigenvalue weighted by atomic mass is 19.4. The van der Waals surface area contributed by atoms with E-state index in [9.17, 15) is 49.0 Å². The van der Waals surface area contributed by atoms with Gasteiger partial charge in [-0.3, -0.25) is 0 Å². The lowest BCUT2D eigenvalue weighted by atomic mass is 9.99. The number of para-hydroxylation sites is 1. The molecule has 3 aromatic carbocycles. The second-order valence-electron chi connectivity index (χ2n) is 8.20. The number of rotatable bonds is 9. The lowest BCUT2D eigenvalue weighted by Crippen LogP contribution is -2.50. The van der Waals surface area contributed by atoms with E-state index in [1.807, 2.05) is 0 Å². The first-order chi connectivity index (χ1) is 17.5. The van der Waals surface area contributed by atoms with Crippen molar-refractivity contribution in [3.05, 3.63) is 90.0 Å². The number of aliphatic hydroxyl groups excluding tert-OH is 1. The molecule has 0 fully saturated rings. The SMILES string of the molecule is O[C@H](CN(Cc1cccc(C(F)(F)C(F)(F)C(F)(F)F)c1)c1cccc(Oc2ccccc2)c1)C(F)(F)F. The van der Waals surface area contributed by atoms with Crippen molar-refractivity contribution in [2.75, 3.05) is 11.4 Å². The predicted octanol–water partition coefficient (Wildman–Crippen LogP) is 7.70. The summed E-state index contributed by atoms with van der Waals surface area (Å²) in [6.45, 7) is -1.78. The molecule has 0 amide bonds. The molecule has 0 aliphatic heterocycles. The van der Waals surface area contributed by atoms with E-state index in [2.05, 4.69) is 0 Å². The van der Waals surface area contributed by atoms with Gasteiger partial charge in [-0.25, -0.2) is 0 Å². The summed E-state index contributed by atoms with van der Waals surface area (Å²) < 4.78 is 138. The smallest absolute Gasteiger partial charge is 0.457 e. The van der Waals surface area contributed by atoms with Crippen LogP contribution in [-0.2, 0) is 12.5 Å². The molecule has 38 heavy (non-hydrogen) atoms. The molecule has 0 aliphatic rings. The van der Waals surface area contributed by atoms with Crippen LogP contribution in [0.25, 0.3) is 0 Å². The fraction of sp³-hybridized carbons (Fsp3) is 0.280. The first-order valence-corrected chi connectivity index (χ1v) is 10.8. The van der Waals surface area contributed by atoms with Gasteiger partial charge in [0.05, 0.1) is 6.54 Å². The average molecular weight is 555 g/mol. The summed E-state index contributed by atoms with van der Waals surface area (Å²) in [5.41, 5.74) is -1.99. The van der Waals surface area contributed by atoms with Gasteiger partial charge >= 0.3 is 24.2 Å². The van der Waals surface area contributed by atoms with Gasteiger partial charge in [-0.15, -0.1) is 0 Å². The number of ether oxygens (including phenoxy) is 1. The van der Waals surface area contributed by atoms with Gasteiger partial charge in [0.25, 0.3) is 0 Å². The predicted molar refractivity (Wildman–Crippen MR) is 117 cm³/mol. The fourth-order valence-electron chi connectivity index (χ4n) is 3.39. The van der Waals surface area contributed by atoms with Crippen LogP contribution in [0.3, 0.4) is 0 Å². The molecule has 13 heteroatoms. The Morgan fingerprint density at radius 2 is 1.32 bits per heavy atom. The Kier molecular flexibility index (Phi) is 8.20. The molecule has 206 valence electrons. The number of hydrogen-bond donors (Lipinski definition) is 1. The van der Waals surface area contributed by atoms with E-state index >= 15 is 0 Å². The Hall–Kier alpha value is -3.48. The third-order valence-electron chi connectivity index (χ3n) is 5.35. The molecule has 0 unspecified atom stereocenters. The molecule has 3 aromatic rings. The molecule has 0 spiro atoms. The number of hydrogen-bond acceptors (Lipinski definition) is 3. The van der Waals surface area contributed by atoms with Crippen LogP contribution in [-0.4, -0.2) is 36.0 Å². The van der Waals surface area contributed by atoms with Crippen LogP contribution >= 0.6 is 0 Å². The van der Waals surface area contributed by atoms with Crippen molar-refractivity contribution in [2.24, 2.45) is 0 Å². The fourth-order valence-corrected chi connectivity index (χ4v) is 3.39. The normalized spacial score (nSPS) is 13.8. The van der Waals surface area contributed by atoms with Crippen molar-refractivity contribution in [3.8, 4) is 11.5 Å². The topological polar surface area (TPSA) is 32.7 Å². The lowest BCUT2D eigenvalue weighted by Gasteiger charge is -2.30. The van der Waals surface area contributed by atoms with Gasteiger partial charge in [0.2, 0.25) is 0 Å². The van der Waals surface area contributed by atoms with Crippen molar-refractivity contribution in [3.63, 3.8) is 0 Å². The zero-order valence-electron chi connectivity index (χ0n) is 19.1. The van der Waals surface area contributed by atoms with E-state index in [1.165, 1.54) is 24.3 Å². The Labute approximate surface area is 209 Å². The number of halogens is 10. The zero-order valence-corrected chi connectivity index (χ0v) is 19.1. The molecule has 0 radical (unpaired) electrons. The van der Waals surface area contributed by atoms with Crippen LogP contribution in [0.2, 0.25) is 0 Å². The third-order valence-corrected chi connectivity index (χ3v) is 5.35. The van der Waals surface area contributed by atoms with E-state index in [0.717, 1.165) is 17.0 Å². The van der Waals surface area contributed by atoms with Gasteiger partial charge in [-0.1, -0.05) is 42.5 Å². The molecule has 0 aliphatic carbocycles. The number of alkyl halides is 10. The van der Waals surface area contributed by atoms with Crippen molar-refractivity contribution in [1.82, 2.24) is 0 Å². The van der Waals surface area contributed by atoms with E-state index < -0.39 is 49.0 Å². The Morgan fingerprint density at radius 3 is 1.92 bits per heavy atom. The summed E-state index contributed by atoms with van der Waals surface area (Å²) in [7, 11) is 0. The molecule has 0 bridgehead atoms. The summed E-state index contributed by atoms with van der Waals surface area (Å²) in [4.78, 5) is 0.898. The monoisotopic (exact) mass is 555 g/mol. The highest BCUT2D eigenvalue weighted by molar-refractivity contribution is 5.52. The molecule has 1 N–H and O–H groups in total.